The van der Waals surface area contributed by atoms with Crippen molar-refractivity contribution in [3.63, 3.8) is 0 Å². The van der Waals surface area contributed by atoms with Crippen molar-refractivity contribution in [3.8, 4) is 5.75 Å². The summed E-state index contributed by atoms with van der Waals surface area (Å²) in [5, 5.41) is 17.1. The summed E-state index contributed by atoms with van der Waals surface area (Å²) >= 11 is 6.85. The highest BCUT2D eigenvalue weighted by Crippen LogP contribution is 2.26. The van der Waals surface area contributed by atoms with Gasteiger partial charge in [-0.2, -0.15) is 0 Å². The van der Waals surface area contributed by atoms with Crippen LogP contribution in [0.2, 0.25) is 5.02 Å². The molecular weight excluding hydrogens is 386 g/mol. The quantitative estimate of drug-likeness (QED) is 0.445. The molecule has 6 nitrogen and oxygen atoms in total. The normalized spacial score (nSPS) is 11.4. The summed E-state index contributed by atoms with van der Waals surface area (Å²) in [6.07, 6.45) is 1.57. The van der Waals surface area contributed by atoms with Gasteiger partial charge in [0.2, 0.25) is 5.16 Å². The first kappa shape index (κ1) is 19.0. The van der Waals surface area contributed by atoms with Gasteiger partial charge in [0, 0.05) is 5.02 Å². The Labute approximate surface area is 165 Å². The van der Waals surface area contributed by atoms with Gasteiger partial charge in [-0.1, -0.05) is 35.9 Å². The molecule has 0 amide bonds. The van der Waals surface area contributed by atoms with Crippen molar-refractivity contribution in [2.24, 2.45) is 0 Å². The van der Waals surface area contributed by atoms with Gasteiger partial charge in [-0.25, -0.2) is 9.78 Å². The lowest BCUT2D eigenvalue weighted by atomic mass is 10.2. The van der Waals surface area contributed by atoms with Crippen LogP contribution in [0.5, 0.6) is 5.75 Å². The molecule has 0 saturated heterocycles. The fourth-order valence-corrected chi connectivity index (χ4v) is 3.04. The summed E-state index contributed by atoms with van der Waals surface area (Å²) in [6, 6.07) is 14.6. The molecule has 0 aliphatic carbocycles. The third-order valence-corrected chi connectivity index (χ3v) is 4.61. The van der Waals surface area contributed by atoms with Crippen molar-refractivity contribution in [3.05, 3.63) is 75.4 Å². The minimum Gasteiger partial charge on any atom is -0.489 e. The van der Waals surface area contributed by atoms with E-state index < -0.39 is 5.97 Å². The summed E-state index contributed by atoms with van der Waals surface area (Å²) in [6.45, 7) is 2.18. The molecule has 2 N–H and O–H groups in total. The lowest BCUT2D eigenvalue weighted by molar-refractivity contribution is -0.131. The Kier molecular flexibility index (Phi) is 6.16. The number of nitrogens with zero attached hydrogens (tertiary/aromatic N) is 2. The molecule has 0 atom stereocenters. The lowest BCUT2D eigenvalue weighted by Crippen LogP contribution is -1.97. The molecule has 0 bridgehead atoms. The molecular formula is C19H16ClN3O3S. The highest BCUT2D eigenvalue weighted by Gasteiger charge is 2.13. The first-order valence-electron chi connectivity index (χ1n) is 7.99. The van der Waals surface area contributed by atoms with E-state index in [1.807, 2.05) is 24.3 Å². The predicted octanol–water partition coefficient (Wildman–Crippen LogP) is 4.56. The molecule has 8 heteroatoms. The monoisotopic (exact) mass is 401 g/mol. The van der Waals surface area contributed by atoms with E-state index in [4.69, 9.17) is 16.3 Å². The van der Waals surface area contributed by atoms with Crippen LogP contribution < -0.4 is 4.74 Å². The average molecular weight is 402 g/mol. The first-order valence-corrected chi connectivity index (χ1v) is 9.18. The van der Waals surface area contributed by atoms with Crippen LogP contribution in [0.3, 0.4) is 0 Å². The molecule has 1 aromatic heterocycles. The number of rotatable bonds is 7. The third-order valence-electron chi connectivity index (χ3n) is 3.49. The van der Waals surface area contributed by atoms with Gasteiger partial charge in [-0.3, -0.25) is 5.10 Å². The molecule has 0 spiro atoms. The third kappa shape index (κ3) is 5.60. The predicted molar refractivity (Wildman–Crippen MR) is 105 cm³/mol. The first-order chi connectivity index (χ1) is 13.0. The summed E-state index contributed by atoms with van der Waals surface area (Å²) < 4.78 is 5.73. The second kappa shape index (κ2) is 8.75. The number of carbonyl (C=O) groups is 1. The Morgan fingerprint density at radius 3 is 2.52 bits per heavy atom. The minimum absolute atomic E-state index is 0.129. The van der Waals surface area contributed by atoms with Crippen molar-refractivity contribution in [2.75, 3.05) is 0 Å². The standard InChI is InChI=1S/C19H16ClN3O3S/c1-12-21-19(23-22-12)27-17(18(24)25)10-13-4-8-16(9-5-13)26-11-14-2-6-15(20)7-3-14/h2-10H,11H2,1H3,(H,24,25)(H,21,22,23)/b17-10-. The number of aliphatic carboxylic acids is 1. The van der Waals surface area contributed by atoms with Crippen LogP contribution in [0, 0.1) is 6.92 Å². The number of aromatic nitrogens is 3. The number of aryl methyl sites for hydroxylation is 1. The van der Waals surface area contributed by atoms with Gasteiger partial charge in [0.25, 0.3) is 0 Å². The Bertz CT molecular complexity index is 953. The molecule has 3 rings (SSSR count). The van der Waals surface area contributed by atoms with E-state index in [2.05, 4.69) is 15.2 Å². The molecule has 2 aromatic carbocycles. The highest BCUT2D eigenvalue weighted by atomic mass is 35.5. The molecule has 0 fully saturated rings. The maximum absolute atomic E-state index is 11.5. The molecule has 3 aromatic rings. The fourth-order valence-electron chi connectivity index (χ4n) is 2.16. The fraction of sp³-hybridized carbons (Fsp3) is 0.105. The van der Waals surface area contributed by atoms with Gasteiger partial charge in [0.05, 0.1) is 0 Å². The maximum atomic E-state index is 11.5. The van der Waals surface area contributed by atoms with E-state index in [1.54, 1.807) is 37.3 Å². The van der Waals surface area contributed by atoms with Crippen molar-refractivity contribution in [1.29, 1.82) is 0 Å². The number of benzene rings is 2. The zero-order valence-corrected chi connectivity index (χ0v) is 15.9. The highest BCUT2D eigenvalue weighted by molar-refractivity contribution is 8.04. The van der Waals surface area contributed by atoms with E-state index in [0.717, 1.165) is 22.9 Å². The van der Waals surface area contributed by atoms with Crippen LogP contribution in [0.4, 0.5) is 0 Å². The number of H-pyrrole nitrogens is 1. The van der Waals surface area contributed by atoms with E-state index in [1.165, 1.54) is 0 Å². The van der Waals surface area contributed by atoms with Gasteiger partial charge in [-0.15, -0.1) is 5.10 Å². The van der Waals surface area contributed by atoms with Crippen LogP contribution in [0.1, 0.15) is 17.0 Å². The van der Waals surface area contributed by atoms with E-state index in [0.29, 0.717) is 28.4 Å². The number of thioether (sulfide) groups is 1. The Hall–Kier alpha value is -2.77. The number of carboxylic acid groups (broad SMARTS) is 1. The molecule has 0 radical (unpaired) electrons. The minimum atomic E-state index is -1.04. The van der Waals surface area contributed by atoms with E-state index in [9.17, 15) is 9.90 Å². The summed E-state index contributed by atoms with van der Waals surface area (Å²) in [4.78, 5) is 15.7. The average Bonchev–Trinajstić information content (AvgIpc) is 3.06. The SMILES string of the molecule is Cc1nc(S/C(=C\c2ccc(OCc3ccc(Cl)cc3)cc2)C(=O)O)n[nH]1. The van der Waals surface area contributed by atoms with Crippen LogP contribution in [-0.4, -0.2) is 26.3 Å². The lowest BCUT2D eigenvalue weighted by Gasteiger charge is -2.07. The number of aromatic amines is 1. The van der Waals surface area contributed by atoms with E-state index in [-0.39, 0.29) is 4.91 Å². The van der Waals surface area contributed by atoms with Crippen molar-refractivity contribution >= 4 is 35.4 Å². The molecule has 27 heavy (non-hydrogen) atoms. The van der Waals surface area contributed by atoms with Gasteiger partial charge in [-0.05, 0) is 60.2 Å². The van der Waals surface area contributed by atoms with Gasteiger partial charge >= 0.3 is 5.97 Å². The maximum Gasteiger partial charge on any atom is 0.342 e. The smallest absolute Gasteiger partial charge is 0.342 e. The Morgan fingerprint density at radius 2 is 1.93 bits per heavy atom. The van der Waals surface area contributed by atoms with Crippen LogP contribution in [0.15, 0.2) is 58.6 Å². The number of hydrogen-bond acceptors (Lipinski definition) is 5. The van der Waals surface area contributed by atoms with Crippen molar-refractivity contribution < 1.29 is 14.6 Å². The molecule has 0 unspecified atom stereocenters. The Balaban J connectivity index is 1.66. The Morgan fingerprint density at radius 1 is 1.22 bits per heavy atom. The zero-order valence-electron chi connectivity index (χ0n) is 14.3. The van der Waals surface area contributed by atoms with Crippen molar-refractivity contribution in [2.45, 2.75) is 18.7 Å². The molecule has 0 aliphatic rings. The summed E-state index contributed by atoms with van der Waals surface area (Å²) in [7, 11) is 0. The number of carboxylic acids is 1. The van der Waals surface area contributed by atoms with Gasteiger partial charge in [0.1, 0.15) is 23.1 Å². The van der Waals surface area contributed by atoms with E-state index >= 15 is 0 Å². The second-order valence-electron chi connectivity index (χ2n) is 5.60. The van der Waals surface area contributed by atoms with Gasteiger partial charge in [0.15, 0.2) is 0 Å². The van der Waals surface area contributed by atoms with Gasteiger partial charge < -0.3 is 9.84 Å². The number of ether oxygens (including phenoxy) is 1. The summed E-state index contributed by atoms with van der Waals surface area (Å²) in [5.41, 5.74) is 1.75. The molecule has 1 heterocycles. The number of hydrogen-bond donors (Lipinski definition) is 2. The number of halogens is 1. The molecule has 0 saturated carbocycles. The molecule has 0 aliphatic heterocycles. The van der Waals surface area contributed by atoms with Crippen molar-refractivity contribution in [1.82, 2.24) is 15.2 Å². The van der Waals surface area contributed by atoms with Crippen LogP contribution >= 0.6 is 23.4 Å². The topological polar surface area (TPSA) is 88.1 Å². The van der Waals surface area contributed by atoms with Crippen LogP contribution in [-0.2, 0) is 11.4 Å². The largest absolute Gasteiger partial charge is 0.489 e. The molecule has 138 valence electrons. The zero-order chi connectivity index (χ0) is 19.2. The van der Waals surface area contributed by atoms with Crippen LogP contribution in [0.25, 0.3) is 6.08 Å². The number of nitrogens with one attached hydrogen (secondary N) is 1. The summed E-state index contributed by atoms with van der Waals surface area (Å²) in [5.74, 6) is 0.283. The second-order valence-corrected chi connectivity index (χ2v) is 7.05.